The highest BCUT2D eigenvalue weighted by Crippen LogP contribution is 2.45. The Labute approximate surface area is 206 Å². The number of likely N-dealkylation sites (tertiary alicyclic amines) is 1. The fourth-order valence-corrected chi connectivity index (χ4v) is 5.86. The van der Waals surface area contributed by atoms with Crippen LogP contribution < -0.4 is 5.56 Å². The highest BCUT2D eigenvalue weighted by molar-refractivity contribution is 5.76. The van der Waals surface area contributed by atoms with E-state index < -0.39 is 0 Å². The molecule has 1 saturated carbocycles. The van der Waals surface area contributed by atoms with E-state index in [-0.39, 0.29) is 23.2 Å². The fraction of sp³-hybridized carbons (Fsp3) is 0.379. The lowest BCUT2D eigenvalue weighted by Gasteiger charge is -2.44. The number of carbonyl (C=O) groups is 1. The number of H-pyrrole nitrogens is 1. The number of aromatic amines is 1. The lowest BCUT2D eigenvalue weighted by Crippen LogP contribution is -2.58. The first-order chi connectivity index (χ1) is 17.1. The summed E-state index contributed by atoms with van der Waals surface area (Å²) in [6.45, 7) is 3.72. The second-order valence-corrected chi connectivity index (χ2v) is 10.2. The van der Waals surface area contributed by atoms with E-state index in [1.807, 2.05) is 48.5 Å². The number of amides is 2. The Balaban J connectivity index is 1.14. The Morgan fingerprint density at radius 1 is 0.914 bits per heavy atom. The van der Waals surface area contributed by atoms with E-state index in [0.29, 0.717) is 13.1 Å². The van der Waals surface area contributed by atoms with Crippen LogP contribution in [0.4, 0.5) is 4.79 Å². The molecule has 0 bridgehead atoms. The average molecular weight is 469 g/mol. The summed E-state index contributed by atoms with van der Waals surface area (Å²) in [5.74, 6) is 0. The second-order valence-electron chi connectivity index (χ2n) is 10.2. The predicted molar refractivity (Wildman–Crippen MR) is 137 cm³/mol. The van der Waals surface area contributed by atoms with Gasteiger partial charge in [-0.2, -0.15) is 0 Å². The smallest absolute Gasteiger partial charge is 0.320 e. The van der Waals surface area contributed by atoms with Crippen molar-refractivity contribution in [2.75, 3.05) is 26.2 Å². The molecule has 2 aliphatic heterocycles. The largest absolute Gasteiger partial charge is 0.322 e. The van der Waals surface area contributed by atoms with Gasteiger partial charge < -0.3 is 14.8 Å². The first-order valence-electron chi connectivity index (χ1n) is 12.8. The molecule has 1 aromatic heterocycles. The summed E-state index contributed by atoms with van der Waals surface area (Å²) >= 11 is 0. The number of rotatable bonds is 4. The average Bonchev–Trinajstić information content (AvgIpc) is 3.49. The summed E-state index contributed by atoms with van der Waals surface area (Å²) in [6, 6.07) is 24.7. The molecule has 3 aliphatic rings. The number of hydrogen-bond donors (Lipinski definition) is 1. The summed E-state index contributed by atoms with van der Waals surface area (Å²) in [7, 11) is 0. The number of aromatic nitrogens is 1. The van der Waals surface area contributed by atoms with E-state index in [1.165, 1.54) is 5.56 Å². The minimum atomic E-state index is -0.0246. The van der Waals surface area contributed by atoms with Crippen molar-refractivity contribution in [2.24, 2.45) is 0 Å². The number of carbonyl (C=O) groups excluding carboxylic acids is 1. The van der Waals surface area contributed by atoms with Gasteiger partial charge in [-0.1, -0.05) is 66.7 Å². The number of benzene rings is 2. The topological polar surface area (TPSA) is 59.7 Å². The Bertz CT molecular complexity index is 1250. The number of piperazine rings is 1. The zero-order valence-corrected chi connectivity index (χ0v) is 20.0. The fourth-order valence-electron chi connectivity index (χ4n) is 5.86. The number of hydrogen-bond acceptors (Lipinski definition) is 3. The first kappa shape index (κ1) is 22.1. The van der Waals surface area contributed by atoms with Crippen molar-refractivity contribution in [3.05, 3.63) is 94.3 Å². The third kappa shape index (κ3) is 4.27. The molecular formula is C29H32N4O2. The first-order valence-corrected chi connectivity index (χ1v) is 12.8. The second kappa shape index (κ2) is 9.00. The molecule has 2 aromatic carbocycles. The molecule has 2 amide bonds. The molecule has 1 aliphatic carbocycles. The van der Waals surface area contributed by atoms with E-state index in [9.17, 15) is 9.59 Å². The standard InChI is InChI=1S/C29H32N4O2/c34-27-24(13-14-25(30-27)22-8-3-1-4-9-22)20-32-19-18-31(21-29(32)15-16-29)28(35)33-17-7-12-26(33)23-10-5-2-6-11-23/h1-6,8-11,13-14,26H,7,12,15-21H2,(H,30,34)/t26-/m0/s1. The van der Waals surface area contributed by atoms with Crippen LogP contribution in [0.15, 0.2) is 77.6 Å². The predicted octanol–water partition coefficient (Wildman–Crippen LogP) is 4.65. The Hall–Kier alpha value is -3.38. The molecule has 1 atom stereocenters. The molecule has 6 nitrogen and oxygen atoms in total. The molecule has 0 radical (unpaired) electrons. The molecule has 0 unspecified atom stereocenters. The molecule has 180 valence electrons. The molecule has 3 fully saturated rings. The minimum Gasteiger partial charge on any atom is -0.322 e. The van der Waals surface area contributed by atoms with Crippen LogP contribution in [-0.4, -0.2) is 57.4 Å². The summed E-state index contributed by atoms with van der Waals surface area (Å²) in [5, 5.41) is 0. The summed E-state index contributed by atoms with van der Waals surface area (Å²) in [5.41, 5.74) is 3.87. The van der Waals surface area contributed by atoms with Crippen molar-refractivity contribution < 1.29 is 4.79 Å². The van der Waals surface area contributed by atoms with E-state index in [0.717, 1.165) is 62.1 Å². The maximum atomic E-state index is 13.6. The van der Waals surface area contributed by atoms with Crippen LogP contribution in [0.2, 0.25) is 0 Å². The van der Waals surface area contributed by atoms with Crippen molar-refractivity contribution in [1.29, 1.82) is 0 Å². The lowest BCUT2D eigenvalue weighted by atomic mass is 10.0. The zero-order valence-electron chi connectivity index (χ0n) is 20.0. The summed E-state index contributed by atoms with van der Waals surface area (Å²) in [4.78, 5) is 36.1. The van der Waals surface area contributed by atoms with Gasteiger partial charge >= 0.3 is 6.03 Å². The maximum Gasteiger partial charge on any atom is 0.320 e. The van der Waals surface area contributed by atoms with Crippen LogP contribution in [0.3, 0.4) is 0 Å². The van der Waals surface area contributed by atoms with Crippen molar-refractivity contribution in [1.82, 2.24) is 19.7 Å². The van der Waals surface area contributed by atoms with Crippen LogP contribution in [-0.2, 0) is 6.54 Å². The highest BCUT2D eigenvalue weighted by atomic mass is 16.2. The van der Waals surface area contributed by atoms with E-state index in [1.54, 1.807) is 0 Å². The molecule has 1 spiro atoms. The van der Waals surface area contributed by atoms with E-state index in [4.69, 9.17) is 0 Å². The van der Waals surface area contributed by atoms with Crippen molar-refractivity contribution in [3.63, 3.8) is 0 Å². The van der Waals surface area contributed by atoms with Gasteiger partial charge in [0.1, 0.15) is 0 Å². The zero-order chi connectivity index (χ0) is 23.8. The Morgan fingerprint density at radius 3 is 2.37 bits per heavy atom. The van der Waals surface area contributed by atoms with Crippen LogP contribution in [0, 0.1) is 0 Å². The highest BCUT2D eigenvalue weighted by Gasteiger charge is 2.52. The molecular weight excluding hydrogens is 436 g/mol. The van der Waals surface area contributed by atoms with Gasteiger partial charge in [0.15, 0.2) is 0 Å². The van der Waals surface area contributed by atoms with Gasteiger partial charge in [-0.15, -0.1) is 0 Å². The van der Waals surface area contributed by atoms with Gasteiger partial charge in [-0.05, 0) is 42.9 Å². The number of pyridine rings is 1. The minimum absolute atomic E-state index is 0.0143. The van der Waals surface area contributed by atoms with Crippen LogP contribution >= 0.6 is 0 Å². The Kier molecular flexibility index (Phi) is 5.69. The number of nitrogens with one attached hydrogen (secondary N) is 1. The van der Waals surface area contributed by atoms with Crippen LogP contribution in [0.5, 0.6) is 0 Å². The van der Waals surface area contributed by atoms with E-state index >= 15 is 0 Å². The van der Waals surface area contributed by atoms with Crippen molar-refractivity contribution in [3.8, 4) is 11.3 Å². The normalized spacial score (nSPS) is 21.4. The van der Waals surface area contributed by atoms with Crippen molar-refractivity contribution >= 4 is 6.03 Å². The maximum absolute atomic E-state index is 13.6. The summed E-state index contributed by atoms with van der Waals surface area (Å²) < 4.78 is 0. The molecule has 3 aromatic rings. The quantitative estimate of drug-likeness (QED) is 0.606. The number of nitrogens with zero attached hydrogens (tertiary/aromatic N) is 3. The van der Waals surface area contributed by atoms with Crippen LogP contribution in [0.25, 0.3) is 11.3 Å². The Morgan fingerprint density at radius 2 is 1.66 bits per heavy atom. The van der Waals surface area contributed by atoms with E-state index in [2.05, 4.69) is 43.9 Å². The third-order valence-corrected chi connectivity index (χ3v) is 8.01. The number of urea groups is 1. The lowest BCUT2D eigenvalue weighted by molar-refractivity contribution is 0.0551. The van der Waals surface area contributed by atoms with Crippen LogP contribution in [0.1, 0.15) is 42.9 Å². The molecule has 6 rings (SSSR count). The molecule has 35 heavy (non-hydrogen) atoms. The molecule has 1 N–H and O–H groups in total. The molecule has 3 heterocycles. The van der Waals surface area contributed by atoms with Crippen molar-refractivity contribution in [2.45, 2.75) is 43.8 Å². The van der Waals surface area contributed by atoms with Gasteiger partial charge in [-0.25, -0.2) is 4.79 Å². The van der Waals surface area contributed by atoms with Gasteiger partial charge in [0, 0.05) is 49.5 Å². The van der Waals surface area contributed by atoms with Gasteiger partial charge in [-0.3, -0.25) is 9.69 Å². The monoisotopic (exact) mass is 468 g/mol. The van der Waals surface area contributed by atoms with Gasteiger partial charge in [0.25, 0.3) is 5.56 Å². The molecule has 6 heteroatoms. The van der Waals surface area contributed by atoms with Gasteiger partial charge in [0.05, 0.1) is 6.04 Å². The molecule has 2 saturated heterocycles. The summed E-state index contributed by atoms with van der Waals surface area (Å²) in [6.07, 6.45) is 4.25. The SMILES string of the molecule is O=C(N1CCN(Cc2ccc(-c3ccccc3)[nH]c2=O)C2(CC2)C1)N1CCC[C@H]1c1ccccc1. The third-order valence-electron chi connectivity index (χ3n) is 8.01. The van der Waals surface area contributed by atoms with Gasteiger partial charge in [0.2, 0.25) is 0 Å².